The molecule has 32 heavy (non-hydrogen) atoms. The van der Waals surface area contributed by atoms with Gasteiger partial charge in [-0.1, -0.05) is 44.2 Å². The summed E-state index contributed by atoms with van der Waals surface area (Å²) in [5.41, 5.74) is 0.562. The third-order valence-corrected chi connectivity index (χ3v) is 6.02. The molecular weight excluding hydrogens is 420 g/mol. The van der Waals surface area contributed by atoms with Gasteiger partial charge in [-0.25, -0.2) is 4.39 Å². The number of amides is 1. The second-order valence-electron chi connectivity index (χ2n) is 9.08. The standard InChI is InChI=1S/C25H30F4N2O/c1-17(2)12-31(18(3)32)15-21-14-30(16-23(21)19-8-10-22(26)11-9-19)13-20-6-4-5-7-24(20)25(27,28)29/h4-11,17,21,23H,12-16H2,1-3H3. The number of halogens is 4. The number of rotatable bonds is 7. The van der Waals surface area contributed by atoms with E-state index in [4.69, 9.17) is 0 Å². The number of benzene rings is 2. The normalized spacial score (nSPS) is 19.5. The van der Waals surface area contributed by atoms with E-state index < -0.39 is 11.7 Å². The van der Waals surface area contributed by atoms with Crippen LogP contribution in [0, 0.1) is 17.7 Å². The maximum absolute atomic E-state index is 13.5. The van der Waals surface area contributed by atoms with Gasteiger partial charge in [0.25, 0.3) is 0 Å². The van der Waals surface area contributed by atoms with Gasteiger partial charge in [0.1, 0.15) is 5.82 Å². The van der Waals surface area contributed by atoms with E-state index in [1.54, 1.807) is 25.1 Å². The first-order chi connectivity index (χ1) is 15.0. The van der Waals surface area contributed by atoms with Crippen LogP contribution >= 0.6 is 0 Å². The van der Waals surface area contributed by atoms with E-state index in [1.807, 2.05) is 23.6 Å². The summed E-state index contributed by atoms with van der Waals surface area (Å²) in [7, 11) is 0. The van der Waals surface area contributed by atoms with Crippen LogP contribution in [0.1, 0.15) is 43.4 Å². The molecule has 0 radical (unpaired) electrons. The highest BCUT2D eigenvalue weighted by molar-refractivity contribution is 5.73. The summed E-state index contributed by atoms with van der Waals surface area (Å²) in [5.74, 6) is 0.00464. The number of hydrogen-bond acceptors (Lipinski definition) is 2. The summed E-state index contributed by atoms with van der Waals surface area (Å²) in [5, 5.41) is 0. The lowest BCUT2D eigenvalue weighted by atomic mass is 9.88. The van der Waals surface area contributed by atoms with E-state index in [1.165, 1.54) is 24.3 Å². The molecule has 0 N–H and O–H groups in total. The van der Waals surface area contributed by atoms with E-state index in [2.05, 4.69) is 0 Å². The average Bonchev–Trinajstić information content (AvgIpc) is 3.09. The molecule has 3 nitrogen and oxygen atoms in total. The molecule has 3 rings (SSSR count). The Morgan fingerprint density at radius 2 is 1.75 bits per heavy atom. The SMILES string of the molecule is CC(=O)N(CC(C)C)CC1CN(Cc2ccccc2C(F)(F)F)CC1c1ccc(F)cc1. The highest BCUT2D eigenvalue weighted by Gasteiger charge is 2.38. The molecule has 2 aromatic rings. The van der Waals surface area contributed by atoms with Crippen molar-refractivity contribution in [3.8, 4) is 0 Å². The quantitative estimate of drug-likeness (QED) is 0.516. The molecule has 1 heterocycles. The summed E-state index contributed by atoms with van der Waals surface area (Å²) < 4.78 is 53.9. The number of likely N-dealkylation sites (tertiary alicyclic amines) is 1. The van der Waals surface area contributed by atoms with Crippen molar-refractivity contribution >= 4 is 5.91 Å². The van der Waals surface area contributed by atoms with Gasteiger partial charge in [0.05, 0.1) is 5.56 Å². The topological polar surface area (TPSA) is 23.6 Å². The summed E-state index contributed by atoms with van der Waals surface area (Å²) in [6.45, 7) is 8.07. The minimum absolute atomic E-state index is 0.00246. The Bertz CT molecular complexity index is 911. The van der Waals surface area contributed by atoms with Crippen LogP contribution in [0.25, 0.3) is 0 Å². The minimum atomic E-state index is -4.41. The maximum Gasteiger partial charge on any atom is 0.416 e. The largest absolute Gasteiger partial charge is 0.416 e. The fourth-order valence-corrected chi connectivity index (χ4v) is 4.59. The molecule has 174 valence electrons. The summed E-state index contributed by atoms with van der Waals surface area (Å²) in [4.78, 5) is 16.0. The molecule has 1 aliphatic rings. The first kappa shape index (κ1) is 24.2. The Hall–Kier alpha value is -2.41. The van der Waals surface area contributed by atoms with Gasteiger partial charge in [-0.05, 0) is 41.2 Å². The maximum atomic E-state index is 13.5. The summed E-state index contributed by atoms with van der Waals surface area (Å²) in [6.07, 6.45) is -4.41. The number of alkyl halides is 3. The van der Waals surface area contributed by atoms with Crippen LogP contribution in [0.2, 0.25) is 0 Å². The monoisotopic (exact) mass is 450 g/mol. The molecule has 1 fully saturated rings. The first-order valence-corrected chi connectivity index (χ1v) is 10.9. The van der Waals surface area contributed by atoms with Crippen LogP contribution < -0.4 is 0 Å². The van der Waals surface area contributed by atoms with Gasteiger partial charge in [0.2, 0.25) is 5.91 Å². The number of carbonyl (C=O) groups is 1. The highest BCUT2D eigenvalue weighted by Crippen LogP contribution is 2.37. The summed E-state index contributed by atoms with van der Waals surface area (Å²) >= 11 is 0. The molecule has 0 bridgehead atoms. The minimum Gasteiger partial charge on any atom is -0.342 e. The third kappa shape index (κ3) is 6.09. The molecule has 1 amide bonds. The molecule has 7 heteroatoms. The van der Waals surface area contributed by atoms with Crippen molar-refractivity contribution in [1.82, 2.24) is 9.80 Å². The number of carbonyl (C=O) groups excluding carboxylic acids is 1. The molecule has 2 aromatic carbocycles. The predicted octanol–water partition coefficient (Wildman–Crippen LogP) is 5.56. The van der Waals surface area contributed by atoms with Crippen molar-refractivity contribution in [3.63, 3.8) is 0 Å². The molecule has 0 aromatic heterocycles. The fourth-order valence-electron chi connectivity index (χ4n) is 4.59. The molecule has 2 atom stereocenters. The van der Waals surface area contributed by atoms with Crippen molar-refractivity contribution in [2.75, 3.05) is 26.2 Å². The number of hydrogen-bond donors (Lipinski definition) is 0. The van der Waals surface area contributed by atoms with Crippen LogP contribution in [-0.4, -0.2) is 41.9 Å². The zero-order valence-corrected chi connectivity index (χ0v) is 18.7. The summed E-state index contributed by atoms with van der Waals surface area (Å²) in [6, 6.07) is 11.9. The Labute approximate surface area is 187 Å². The van der Waals surface area contributed by atoms with E-state index in [0.29, 0.717) is 32.1 Å². The van der Waals surface area contributed by atoms with Crippen LogP contribution in [0.3, 0.4) is 0 Å². The highest BCUT2D eigenvalue weighted by atomic mass is 19.4. The van der Waals surface area contributed by atoms with Gasteiger partial charge < -0.3 is 4.90 Å². The van der Waals surface area contributed by atoms with Gasteiger partial charge in [-0.3, -0.25) is 9.69 Å². The van der Waals surface area contributed by atoms with Gasteiger partial charge in [0.15, 0.2) is 0 Å². The first-order valence-electron chi connectivity index (χ1n) is 10.9. The third-order valence-electron chi connectivity index (χ3n) is 6.02. The van der Waals surface area contributed by atoms with E-state index >= 15 is 0 Å². The number of nitrogens with zero attached hydrogens (tertiary/aromatic N) is 2. The lowest BCUT2D eigenvalue weighted by Gasteiger charge is -2.29. The van der Waals surface area contributed by atoms with Crippen molar-refractivity contribution < 1.29 is 22.4 Å². The second kappa shape index (κ2) is 10.0. The van der Waals surface area contributed by atoms with Crippen LogP contribution in [0.15, 0.2) is 48.5 Å². The zero-order valence-electron chi connectivity index (χ0n) is 18.7. The molecular formula is C25H30F4N2O. The van der Waals surface area contributed by atoms with Gasteiger partial charge in [-0.2, -0.15) is 13.2 Å². The predicted molar refractivity (Wildman–Crippen MR) is 116 cm³/mol. The van der Waals surface area contributed by atoms with Gasteiger partial charge in [0, 0.05) is 45.6 Å². The lowest BCUT2D eigenvalue weighted by Crippen LogP contribution is -2.38. The van der Waals surface area contributed by atoms with Crippen LogP contribution in [0.4, 0.5) is 17.6 Å². The molecule has 2 unspecified atom stereocenters. The Morgan fingerprint density at radius 1 is 1.09 bits per heavy atom. The van der Waals surface area contributed by atoms with Gasteiger partial charge >= 0.3 is 6.18 Å². The zero-order chi connectivity index (χ0) is 23.5. The average molecular weight is 451 g/mol. The molecule has 0 aliphatic carbocycles. The van der Waals surface area contributed by atoms with Gasteiger partial charge in [-0.15, -0.1) is 0 Å². The van der Waals surface area contributed by atoms with Crippen molar-refractivity contribution in [2.45, 2.75) is 39.4 Å². The van der Waals surface area contributed by atoms with E-state index in [9.17, 15) is 22.4 Å². The lowest BCUT2D eigenvalue weighted by molar-refractivity contribution is -0.138. The fraction of sp³-hybridized carbons (Fsp3) is 0.480. The molecule has 0 saturated carbocycles. The van der Waals surface area contributed by atoms with Crippen LogP contribution in [-0.2, 0) is 17.5 Å². The second-order valence-corrected chi connectivity index (χ2v) is 9.08. The molecule has 1 aliphatic heterocycles. The van der Waals surface area contributed by atoms with E-state index in [-0.39, 0.29) is 35.7 Å². The Kier molecular flexibility index (Phi) is 7.59. The van der Waals surface area contributed by atoms with Crippen molar-refractivity contribution in [3.05, 3.63) is 71.0 Å². The van der Waals surface area contributed by atoms with E-state index in [0.717, 1.165) is 11.6 Å². The van der Waals surface area contributed by atoms with Crippen molar-refractivity contribution in [1.29, 1.82) is 0 Å². The smallest absolute Gasteiger partial charge is 0.342 e. The molecule has 0 spiro atoms. The molecule has 1 saturated heterocycles. The Morgan fingerprint density at radius 3 is 2.34 bits per heavy atom. The van der Waals surface area contributed by atoms with Crippen molar-refractivity contribution in [2.24, 2.45) is 11.8 Å². The van der Waals surface area contributed by atoms with Crippen LogP contribution in [0.5, 0.6) is 0 Å². The Balaban J connectivity index is 1.85.